The summed E-state index contributed by atoms with van der Waals surface area (Å²) < 4.78 is 5.71. The fourth-order valence-corrected chi connectivity index (χ4v) is 1.61. The molecule has 0 atom stereocenters. The van der Waals surface area contributed by atoms with Crippen LogP contribution in [0.2, 0.25) is 0 Å². The summed E-state index contributed by atoms with van der Waals surface area (Å²) in [5, 5.41) is 3.39. The van der Waals surface area contributed by atoms with Crippen molar-refractivity contribution in [1.29, 1.82) is 0 Å². The van der Waals surface area contributed by atoms with E-state index in [0.717, 1.165) is 31.4 Å². The highest BCUT2D eigenvalue weighted by molar-refractivity contribution is 5.49. The van der Waals surface area contributed by atoms with Gasteiger partial charge in [0.25, 0.3) is 0 Å². The summed E-state index contributed by atoms with van der Waals surface area (Å²) in [5.74, 6) is 1.70. The molecular formula is C15H26N2O. The van der Waals surface area contributed by atoms with E-state index >= 15 is 0 Å². The van der Waals surface area contributed by atoms with E-state index in [0.29, 0.717) is 0 Å². The Morgan fingerprint density at radius 2 is 2.00 bits per heavy atom. The molecule has 1 aromatic rings. The normalized spacial score (nSPS) is 10.7. The van der Waals surface area contributed by atoms with E-state index in [9.17, 15) is 0 Å². The molecule has 102 valence electrons. The minimum Gasteiger partial charge on any atom is -0.492 e. The van der Waals surface area contributed by atoms with Crippen LogP contribution in [0.25, 0.3) is 0 Å². The molecule has 1 aromatic carbocycles. The van der Waals surface area contributed by atoms with Gasteiger partial charge in [-0.05, 0) is 31.0 Å². The first-order chi connectivity index (χ1) is 8.59. The van der Waals surface area contributed by atoms with Crippen LogP contribution in [0.4, 0.5) is 5.69 Å². The highest BCUT2D eigenvalue weighted by atomic mass is 16.5. The van der Waals surface area contributed by atoms with Crippen molar-refractivity contribution >= 4 is 5.69 Å². The van der Waals surface area contributed by atoms with E-state index in [-0.39, 0.29) is 0 Å². The molecule has 0 aromatic heterocycles. The van der Waals surface area contributed by atoms with Crippen LogP contribution >= 0.6 is 0 Å². The Morgan fingerprint density at radius 3 is 2.67 bits per heavy atom. The lowest BCUT2D eigenvalue weighted by molar-refractivity contribution is 0.312. The van der Waals surface area contributed by atoms with Gasteiger partial charge in [-0.1, -0.05) is 19.9 Å². The summed E-state index contributed by atoms with van der Waals surface area (Å²) in [4.78, 5) is 2.08. The molecule has 3 heteroatoms. The quantitative estimate of drug-likeness (QED) is 0.718. The first-order valence-electron chi connectivity index (χ1n) is 6.70. The summed E-state index contributed by atoms with van der Waals surface area (Å²) in [6.45, 7) is 7.17. The number of anilines is 1. The standard InChI is InChI=1S/C15H26N2O/c1-13(2)8-9-16-10-11-18-15-7-5-6-14(12-15)17(3)4/h5-7,12-13,16H,8-11H2,1-4H3. The molecule has 0 aliphatic rings. The van der Waals surface area contributed by atoms with Gasteiger partial charge in [0.2, 0.25) is 0 Å². The second-order valence-electron chi connectivity index (χ2n) is 5.17. The minimum absolute atomic E-state index is 0.717. The number of ether oxygens (including phenoxy) is 1. The molecule has 0 amide bonds. The van der Waals surface area contributed by atoms with Crippen molar-refractivity contribution in [3.8, 4) is 5.75 Å². The predicted molar refractivity (Wildman–Crippen MR) is 78.6 cm³/mol. The van der Waals surface area contributed by atoms with Crippen molar-refractivity contribution in [2.75, 3.05) is 38.7 Å². The Morgan fingerprint density at radius 1 is 1.22 bits per heavy atom. The van der Waals surface area contributed by atoms with Crippen LogP contribution in [-0.2, 0) is 0 Å². The Kier molecular flexibility index (Phi) is 6.58. The molecule has 0 saturated carbocycles. The third kappa shape index (κ3) is 5.92. The maximum Gasteiger partial charge on any atom is 0.121 e. The molecular weight excluding hydrogens is 224 g/mol. The summed E-state index contributed by atoms with van der Waals surface area (Å²) in [5.41, 5.74) is 1.17. The molecule has 1 N–H and O–H groups in total. The fourth-order valence-electron chi connectivity index (χ4n) is 1.61. The number of hydrogen-bond donors (Lipinski definition) is 1. The highest BCUT2D eigenvalue weighted by Crippen LogP contribution is 2.18. The topological polar surface area (TPSA) is 24.5 Å². The van der Waals surface area contributed by atoms with Crippen LogP contribution in [0.5, 0.6) is 5.75 Å². The predicted octanol–water partition coefficient (Wildman–Crippen LogP) is 2.77. The largest absolute Gasteiger partial charge is 0.492 e. The Hall–Kier alpha value is -1.22. The molecule has 0 aliphatic heterocycles. The molecule has 0 aliphatic carbocycles. The van der Waals surface area contributed by atoms with Crippen LogP contribution < -0.4 is 15.0 Å². The minimum atomic E-state index is 0.717. The molecule has 0 fully saturated rings. The van der Waals surface area contributed by atoms with E-state index in [1.165, 1.54) is 12.1 Å². The van der Waals surface area contributed by atoms with Gasteiger partial charge in [-0.2, -0.15) is 0 Å². The van der Waals surface area contributed by atoms with E-state index < -0.39 is 0 Å². The number of nitrogens with zero attached hydrogens (tertiary/aromatic N) is 1. The van der Waals surface area contributed by atoms with Gasteiger partial charge in [0, 0.05) is 32.4 Å². The molecule has 0 bridgehead atoms. The van der Waals surface area contributed by atoms with Gasteiger partial charge < -0.3 is 15.0 Å². The van der Waals surface area contributed by atoms with Gasteiger partial charge in [0.1, 0.15) is 12.4 Å². The Balaban J connectivity index is 2.21. The lowest BCUT2D eigenvalue weighted by Crippen LogP contribution is -2.23. The molecule has 18 heavy (non-hydrogen) atoms. The van der Waals surface area contributed by atoms with Crippen molar-refractivity contribution in [3.63, 3.8) is 0 Å². The molecule has 3 nitrogen and oxygen atoms in total. The molecule has 0 radical (unpaired) electrons. The molecule has 0 saturated heterocycles. The van der Waals surface area contributed by atoms with E-state index in [1.807, 2.05) is 26.2 Å². The summed E-state index contributed by atoms with van der Waals surface area (Å²) in [7, 11) is 4.07. The number of hydrogen-bond acceptors (Lipinski definition) is 3. The zero-order chi connectivity index (χ0) is 13.4. The van der Waals surface area contributed by atoms with Gasteiger partial charge in [-0.25, -0.2) is 0 Å². The number of benzene rings is 1. The average molecular weight is 250 g/mol. The molecule has 1 rings (SSSR count). The fraction of sp³-hybridized carbons (Fsp3) is 0.600. The monoisotopic (exact) mass is 250 g/mol. The van der Waals surface area contributed by atoms with Gasteiger partial charge in [0.05, 0.1) is 0 Å². The Labute approximate surface area is 111 Å². The lowest BCUT2D eigenvalue weighted by Gasteiger charge is -2.14. The first-order valence-corrected chi connectivity index (χ1v) is 6.70. The van der Waals surface area contributed by atoms with Crippen LogP contribution in [0.3, 0.4) is 0 Å². The third-order valence-electron chi connectivity index (χ3n) is 2.78. The summed E-state index contributed by atoms with van der Waals surface area (Å²) in [6, 6.07) is 8.17. The van der Waals surface area contributed by atoms with E-state index in [2.05, 4.69) is 36.2 Å². The van der Waals surface area contributed by atoms with Gasteiger partial charge in [-0.15, -0.1) is 0 Å². The maximum atomic E-state index is 5.71. The highest BCUT2D eigenvalue weighted by Gasteiger charge is 1.98. The summed E-state index contributed by atoms with van der Waals surface area (Å²) in [6.07, 6.45) is 1.22. The van der Waals surface area contributed by atoms with E-state index in [4.69, 9.17) is 4.74 Å². The van der Waals surface area contributed by atoms with Gasteiger partial charge in [-0.3, -0.25) is 0 Å². The SMILES string of the molecule is CC(C)CCNCCOc1cccc(N(C)C)c1. The van der Waals surface area contributed by atoms with Gasteiger partial charge in [0.15, 0.2) is 0 Å². The molecule has 0 unspecified atom stereocenters. The Bertz CT molecular complexity index is 337. The first kappa shape index (κ1) is 14.8. The maximum absolute atomic E-state index is 5.71. The third-order valence-corrected chi connectivity index (χ3v) is 2.78. The lowest BCUT2D eigenvalue weighted by atomic mass is 10.1. The van der Waals surface area contributed by atoms with Crippen molar-refractivity contribution in [2.45, 2.75) is 20.3 Å². The summed E-state index contributed by atoms with van der Waals surface area (Å²) >= 11 is 0. The number of rotatable bonds is 8. The zero-order valence-electron chi connectivity index (χ0n) is 12.1. The average Bonchev–Trinajstić information content (AvgIpc) is 2.33. The van der Waals surface area contributed by atoms with Crippen molar-refractivity contribution < 1.29 is 4.74 Å². The van der Waals surface area contributed by atoms with Gasteiger partial charge >= 0.3 is 0 Å². The van der Waals surface area contributed by atoms with E-state index in [1.54, 1.807) is 0 Å². The smallest absolute Gasteiger partial charge is 0.121 e. The zero-order valence-corrected chi connectivity index (χ0v) is 12.1. The van der Waals surface area contributed by atoms with Crippen LogP contribution in [0, 0.1) is 5.92 Å². The van der Waals surface area contributed by atoms with Crippen LogP contribution in [-0.4, -0.2) is 33.8 Å². The number of nitrogens with one attached hydrogen (secondary N) is 1. The van der Waals surface area contributed by atoms with Crippen LogP contribution in [0.1, 0.15) is 20.3 Å². The molecule has 0 spiro atoms. The van der Waals surface area contributed by atoms with Crippen LogP contribution in [0.15, 0.2) is 24.3 Å². The van der Waals surface area contributed by atoms with Crippen molar-refractivity contribution in [3.05, 3.63) is 24.3 Å². The second-order valence-corrected chi connectivity index (χ2v) is 5.17. The molecule has 0 heterocycles. The van der Waals surface area contributed by atoms with Crippen molar-refractivity contribution in [1.82, 2.24) is 5.32 Å². The second kappa shape index (κ2) is 7.98. The van der Waals surface area contributed by atoms with Crippen molar-refractivity contribution in [2.24, 2.45) is 5.92 Å².